The fraction of sp³-hybridized carbons (Fsp3) is 0.429. The molecule has 0 spiro atoms. The van der Waals surface area contributed by atoms with E-state index in [1.807, 2.05) is 0 Å². The van der Waals surface area contributed by atoms with Crippen LogP contribution in [0.2, 0.25) is 10.0 Å². The fourth-order valence-electron chi connectivity index (χ4n) is 3.80. The smallest absolute Gasteiger partial charge is 0.350 e. The fourth-order valence-corrected chi connectivity index (χ4v) is 4.12. The number of amides is 3. The molecule has 42 heavy (non-hydrogen) atoms. The summed E-state index contributed by atoms with van der Waals surface area (Å²) in [6, 6.07) is 10.1. The SMILES string of the molecule is CC(C)[C@H](NC(=O)[C@H](Cc1ccccc1)NC(=O)CCc1ccc(Cl)c(Cl)c1)C(=O)C(F)(F)C(=O)NCCC(F)(F)F. The number of benzene rings is 2. The van der Waals surface area contributed by atoms with Crippen LogP contribution in [0.25, 0.3) is 0 Å². The second-order valence-corrected chi connectivity index (χ2v) is 10.7. The van der Waals surface area contributed by atoms with E-state index in [-0.39, 0.29) is 19.3 Å². The van der Waals surface area contributed by atoms with Crippen LogP contribution in [0.4, 0.5) is 22.0 Å². The van der Waals surface area contributed by atoms with Gasteiger partial charge in [0.2, 0.25) is 17.6 Å². The van der Waals surface area contributed by atoms with Crippen LogP contribution in [0.1, 0.15) is 37.8 Å². The third-order valence-electron chi connectivity index (χ3n) is 6.09. The maximum atomic E-state index is 14.7. The minimum atomic E-state index is -4.73. The van der Waals surface area contributed by atoms with E-state index in [1.54, 1.807) is 48.5 Å². The van der Waals surface area contributed by atoms with Gasteiger partial charge in [0.15, 0.2) is 0 Å². The first kappa shape index (κ1) is 34.9. The van der Waals surface area contributed by atoms with Crippen LogP contribution in [0.15, 0.2) is 48.5 Å². The average molecular weight is 638 g/mol. The van der Waals surface area contributed by atoms with E-state index < -0.39 is 66.6 Å². The highest BCUT2D eigenvalue weighted by atomic mass is 35.5. The molecule has 2 rings (SSSR count). The van der Waals surface area contributed by atoms with Crippen molar-refractivity contribution in [2.45, 2.75) is 63.7 Å². The van der Waals surface area contributed by atoms with Crippen LogP contribution in [-0.4, -0.2) is 54.2 Å². The maximum Gasteiger partial charge on any atom is 0.390 e. The molecule has 0 fully saturated rings. The summed E-state index contributed by atoms with van der Waals surface area (Å²) in [6.07, 6.45) is -6.16. The monoisotopic (exact) mass is 637 g/mol. The molecule has 7 nitrogen and oxygen atoms in total. The molecular weight excluding hydrogens is 608 g/mol. The molecule has 0 saturated carbocycles. The Morgan fingerprint density at radius 3 is 2.07 bits per heavy atom. The maximum absolute atomic E-state index is 14.7. The summed E-state index contributed by atoms with van der Waals surface area (Å²) >= 11 is 11.9. The van der Waals surface area contributed by atoms with Crippen LogP contribution in [-0.2, 0) is 32.0 Å². The number of rotatable bonds is 14. The van der Waals surface area contributed by atoms with E-state index in [0.717, 1.165) is 0 Å². The van der Waals surface area contributed by atoms with Crippen molar-refractivity contribution in [2.24, 2.45) is 5.92 Å². The topological polar surface area (TPSA) is 104 Å². The average Bonchev–Trinajstić information content (AvgIpc) is 2.91. The van der Waals surface area contributed by atoms with Crippen molar-refractivity contribution < 1.29 is 41.1 Å². The number of halogens is 7. The summed E-state index contributed by atoms with van der Waals surface area (Å²) < 4.78 is 66.4. The first-order valence-corrected chi connectivity index (χ1v) is 13.6. The lowest BCUT2D eigenvalue weighted by atomic mass is 9.94. The Hall–Kier alpha value is -3.25. The van der Waals surface area contributed by atoms with Gasteiger partial charge in [-0.1, -0.05) is 73.4 Å². The number of nitrogens with one attached hydrogen (secondary N) is 3. The second kappa shape index (κ2) is 15.3. The van der Waals surface area contributed by atoms with Crippen molar-refractivity contribution in [3.8, 4) is 0 Å². The quantitative estimate of drug-likeness (QED) is 0.199. The second-order valence-electron chi connectivity index (χ2n) is 9.85. The molecule has 0 saturated heterocycles. The molecule has 3 amide bonds. The highest BCUT2D eigenvalue weighted by Gasteiger charge is 2.51. The molecular formula is C28H30Cl2F5N3O4. The van der Waals surface area contributed by atoms with Crippen LogP contribution in [0.5, 0.6) is 0 Å². The number of hydrogen-bond acceptors (Lipinski definition) is 4. The van der Waals surface area contributed by atoms with Crippen LogP contribution in [0, 0.1) is 5.92 Å². The molecule has 0 bridgehead atoms. The molecule has 2 atom stereocenters. The number of aryl methyl sites for hydroxylation is 1. The molecule has 0 radical (unpaired) electrons. The molecule has 0 heterocycles. The summed E-state index contributed by atoms with van der Waals surface area (Å²) in [5, 5.41) is 6.79. The molecule has 2 aromatic carbocycles. The number of ketones is 1. The largest absolute Gasteiger partial charge is 0.390 e. The standard InChI is InChI=1S/C28H30Cl2F5N3O4/c1-16(2)23(24(40)28(34,35)26(42)36-13-12-27(31,32)33)38-25(41)21(15-17-6-4-3-5-7-17)37-22(39)11-9-18-8-10-19(29)20(30)14-18/h3-8,10,14,16,21,23H,9,11-13,15H2,1-2H3,(H,36,42)(H,37,39)(H,38,41)/t21-,23-/m0/s1. The van der Waals surface area contributed by atoms with Gasteiger partial charge in [-0.3, -0.25) is 19.2 Å². The Kier molecular flexibility index (Phi) is 12.7. The summed E-state index contributed by atoms with van der Waals surface area (Å²) in [5.74, 6) is -11.4. The molecule has 0 aliphatic rings. The molecule has 2 aromatic rings. The van der Waals surface area contributed by atoms with Gasteiger partial charge in [0, 0.05) is 19.4 Å². The number of alkyl halides is 5. The van der Waals surface area contributed by atoms with Gasteiger partial charge in [-0.15, -0.1) is 0 Å². The Morgan fingerprint density at radius 2 is 1.50 bits per heavy atom. The van der Waals surface area contributed by atoms with Gasteiger partial charge >= 0.3 is 12.1 Å². The van der Waals surface area contributed by atoms with Gasteiger partial charge in [-0.25, -0.2) is 0 Å². The van der Waals surface area contributed by atoms with Gasteiger partial charge < -0.3 is 16.0 Å². The Morgan fingerprint density at radius 1 is 0.857 bits per heavy atom. The third-order valence-corrected chi connectivity index (χ3v) is 6.83. The van der Waals surface area contributed by atoms with Gasteiger partial charge in [0.1, 0.15) is 6.04 Å². The van der Waals surface area contributed by atoms with Crippen molar-refractivity contribution in [2.75, 3.05) is 6.54 Å². The zero-order valence-corrected chi connectivity index (χ0v) is 24.2. The normalized spacial score (nSPS) is 13.3. The Balaban J connectivity index is 2.17. The number of carbonyl (C=O) groups is 4. The van der Waals surface area contributed by atoms with E-state index in [1.165, 1.54) is 19.2 Å². The summed E-state index contributed by atoms with van der Waals surface area (Å²) in [5.41, 5.74) is 1.31. The van der Waals surface area contributed by atoms with E-state index in [0.29, 0.717) is 21.2 Å². The first-order chi connectivity index (χ1) is 19.5. The Labute approximate surface area is 249 Å². The number of Topliss-reactive ketones (excluding diaryl/α,β-unsaturated/α-hetero) is 1. The minimum Gasteiger partial charge on any atom is -0.350 e. The third kappa shape index (κ3) is 10.9. The van der Waals surface area contributed by atoms with Crippen molar-refractivity contribution in [1.82, 2.24) is 16.0 Å². The zero-order chi connectivity index (χ0) is 31.7. The predicted molar refractivity (Wildman–Crippen MR) is 147 cm³/mol. The lowest BCUT2D eigenvalue weighted by molar-refractivity contribution is -0.162. The first-order valence-electron chi connectivity index (χ1n) is 12.9. The number of hydrogen-bond donors (Lipinski definition) is 3. The van der Waals surface area contributed by atoms with Gasteiger partial charge in [0.05, 0.1) is 22.5 Å². The summed E-state index contributed by atoms with van der Waals surface area (Å²) in [6.45, 7) is 1.52. The zero-order valence-electron chi connectivity index (χ0n) is 22.7. The lowest BCUT2D eigenvalue weighted by Gasteiger charge is -2.27. The minimum absolute atomic E-state index is 0.0570. The highest BCUT2D eigenvalue weighted by Crippen LogP contribution is 2.24. The summed E-state index contributed by atoms with van der Waals surface area (Å²) in [4.78, 5) is 50.7. The molecule has 0 aliphatic carbocycles. The van der Waals surface area contributed by atoms with Gasteiger partial charge in [-0.05, 0) is 35.6 Å². The molecule has 0 unspecified atom stereocenters. The Bertz CT molecular complexity index is 1260. The predicted octanol–water partition coefficient (Wildman–Crippen LogP) is 5.07. The lowest BCUT2D eigenvalue weighted by Crippen LogP contribution is -2.59. The molecule has 3 N–H and O–H groups in total. The number of carbonyl (C=O) groups excluding carboxylic acids is 4. The van der Waals surface area contributed by atoms with Gasteiger partial charge in [0.25, 0.3) is 5.91 Å². The van der Waals surface area contributed by atoms with Crippen LogP contribution < -0.4 is 16.0 Å². The molecule has 230 valence electrons. The van der Waals surface area contributed by atoms with Gasteiger partial charge in [-0.2, -0.15) is 22.0 Å². The van der Waals surface area contributed by atoms with Crippen LogP contribution in [0.3, 0.4) is 0 Å². The van der Waals surface area contributed by atoms with Crippen molar-refractivity contribution >= 4 is 46.7 Å². The van der Waals surface area contributed by atoms with E-state index >= 15 is 0 Å². The molecule has 14 heteroatoms. The molecule has 0 aliphatic heterocycles. The summed E-state index contributed by atoms with van der Waals surface area (Å²) in [7, 11) is 0. The van der Waals surface area contributed by atoms with Crippen molar-refractivity contribution in [3.05, 3.63) is 69.7 Å². The van der Waals surface area contributed by atoms with E-state index in [2.05, 4.69) is 10.6 Å². The highest BCUT2D eigenvalue weighted by molar-refractivity contribution is 6.42. The molecule has 0 aromatic heterocycles. The van der Waals surface area contributed by atoms with Crippen LogP contribution >= 0.6 is 23.2 Å². The van der Waals surface area contributed by atoms with Crippen molar-refractivity contribution in [1.29, 1.82) is 0 Å². The van der Waals surface area contributed by atoms with E-state index in [9.17, 15) is 41.1 Å². The van der Waals surface area contributed by atoms with E-state index in [4.69, 9.17) is 23.2 Å². The van der Waals surface area contributed by atoms with Crippen molar-refractivity contribution in [3.63, 3.8) is 0 Å².